The summed E-state index contributed by atoms with van der Waals surface area (Å²) >= 11 is 0. The molecule has 0 spiro atoms. The summed E-state index contributed by atoms with van der Waals surface area (Å²) in [7, 11) is 0. The Balaban J connectivity index is 2.18. The molecule has 5 nitrogen and oxygen atoms in total. The smallest absolute Gasteiger partial charge is 0.306 e. The van der Waals surface area contributed by atoms with Crippen molar-refractivity contribution < 1.29 is 19.4 Å². The fourth-order valence-electron chi connectivity index (χ4n) is 1.92. The van der Waals surface area contributed by atoms with Crippen molar-refractivity contribution in [2.75, 3.05) is 13.2 Å². The molecule has 1 fully saturated rings. The SMILES string of the molecule is CCCOCC(=O)N[C@@H]1CC[C@H](C(=O)O)C1. The second kappa shape index (κ2) is 6.48. The highest BCUT2D eigenvalue weighted by molar-refractivity contribution is 5.78. The van der Waals surface area contributed by atoms with Gasteiger partial charge in [-0.2, -0.15) is 0 Å². The van der Waals surface area contributed by atoms with Crippen molar-refractivity contribution in [1.82, 2.24) is 5.32 Å². The van der Waals surface area contributed by atoms with Crippen LogP contribution in [0.3, 0.4) is 0 Å². The van der Waals surface area contributed by atoms with Crippen LogP contribution < -0.4 is 5.32 Å². The lowest BCUT2D eigenvalue weighted by Crippen LogP contribution is -2.36. The van der Waals surface area contributed by atoms with Crippen LogP contribution >= 0.6 is 0 Å². The zero-order chi connectivity index (χ0) is 12.0. The first kappa shape index (κ1) is 13.0. The molecule has 0 aromatic carbocycles. The molecule has 0 aliphatic heterocycles. The molecule has 0 aromatic heterocycles. The Morgan fingerprint density at radius 3 is 2.75 bits per heavy atom. The Morgan fingerprint density at radius 1 is 1.44 bits per heavy atom. The van der Waals surface area contributed by atoms with Gasteiger partial charge in [0.1, 0.15) is 6.61 Å². The van der Waals surface area contributed by atoms with Gasteiger partial charge in [-0.3, -0.25) is 9.59 Å². The molecule has 16 heavy (non-hydrogen) atoms. The van der Waals surface area contributed by atoms with Crippen molar-refractivity contribution in [2.24, 2.45) is 5.92 Å². The van der Waals surface area contributed by atoms with E-state index in [-0.39, 0.29) is 24.5 Å². The number of carboxylic acids is 1. The van der Waals surface area contributed by atoms with Crippen molar-refractivity contribution in [2.45, 2.75) is 38.6 Å². The Hall–Kier alpha value is -1.10. The van der Waals surface area contributed by atoms with Crippen LogP contribution in [0.4, 0.5) is 0 Å². The normalized spacial score (nSPS) is 24.3. The minimum absolute atomic E-state index is 0.00109. The van der Waals surface area contributed by atoms with Gasteiger partial charge in [-0.25, -0.2) is 0 Å². The third-order valence-electron chi connectivity index (χ3n) is 2.73. The van der Waals surface area contributed by atoms with Crippen molar-refractivity contribution in [1.29, 1.82) is 0 Å². The van der Waals surface area contributed by atoms with E-state index in [1.54, 1.807) is 0 Å². The van der Waals surface area contributed by atoms with E-state index in [1.807, 2.05) is 6.92 Å². The van der Waals surface area contributed by atoms with E-state index in [1.165, 1.54) is 0 Å². The molecule has 2 atom stereocenters. The molecular weight excluding hydrogens is 210 g/mol. The van der Waals surface area contributed by atoms with Crippen LogP contribution in [0.15, 0.2) is 0 Å². The molecular formula is C11H19NO4. The van der Waals surface area contributed by atoms with Crippen LogP contribution in [-0.2, 0) is 14.3 Å². The highest BCUT2D eigenvalue weighted by atomic mass is 16.5. The molecule has 0 aromatic rings. The summed E-state index contributed by atoms with van der Waals surface area (Å²) in [4.78, 5) is 22.1. The Morgan fingerprint density at radius 2 is 2.19 bits per heavy atom. The monoisotopic (exact) mass is 229 g/mol. The van der Waals surface area contributed by atoms with Gasteiger partial charge in [0.05, 0.1) is 5.92 Å². The molecule has 0 bridgehead atoms. The maximum Gasteiger partial charge on any atom is 0.306 e. The summed E-state index contributed by atoms with van der Waals surface area (Å²) in [6.07, 6.45) is 2.82. The lowest BCUT2D eigenvalue weighted by atomic mass is 10.1. The Labute approximate surface area is 95.2 Å². The highest BCUT2D eigenvalue weighted by Crippen LogP contribution is 2.25. The number of carboxylic acid groups (broad SMARTS) is 1. The van der Waals surface area contributed by atoms with Crippen LogP contribution in [0.5, 0.6) is 0 Å². The van der Waals surface area contributed by atoms with Crippen molar-refractivity contribution in [3.05, 3.63) is 0 Å². The van der Waals surface area contributed by atoms with Gasteiger partial charge in [0.2, 0.25) is 5.91 Å². The van der Waals surface area contributed by atoms with Crippen LogP contribution in [0, 0.1) is 5.92 Å². The molecule has 0 radical (unpaired) electrons. The molecule has 0 heterocycles. The van der Waals surface area contributed by atoms with Gasteiger partial charge in [-0.05, 0) is 25.7 Å². The van der Waals surface area contributed by atoms with Gasteiger partial charge < -0.3 is 15.2 Å². The van der Waals surface area contributed by atoms with Crippen molar-refractivity contribution in [3.63, 3.8) is 0 Å². The standard InChI is InChI=1S/C11H19NO4/c1-2-5-16-7-10(13)12-9-4-3-8(6-9)11(14)15/h8-9H,2-7H2,1H3,(H,12,13)(H,14,15)/t8-,9+/m0/s1. The zero-order valence-corrected chi connectivity index (χ0v) is 9.57. The first-order valence-electron chi connectivity index (χ1n) is 5.73. The largest absolute Gasteiger partial charge is 0.481 e. The van der Waals surface area contributed by atoms with Crippen LogP contribution in [0.2, 0.25) is 0 Å². The molecule has 1 saturated carbocycles. The van der Waals surface area contributed by atoms with E-state index in [4.69, 9.17) is 9.84 Å². The molecule has 5 heteroatoms. The van der Waals surface area contributed by atoms with E-state index in [2.05, 4.69) is 5.32 Å². The second-order valence-electron chi connectivity index (χ2n) is 4.17. The number of ether oxygens (including phenoxy) is 1. The first-order chi connectivity index (χ1) is 7.63. The number of carbonyl (C=O) groups excluding carboxylic acids is 1. The fourth-order valence-corrected chi connectivity index (χ4v) is 1.92. The number of nitrogens with one attached hydrogen (secondary N) is 1. The third-order valence-corrected chi connectivity index (χ3v) is 2.73. The number of amides is 1. The third kappa shape index (κ3) is 4.18. The van der Waals surface area contributed by atoms with Crippen LogP contribution in [0.1, 0.15) is 32.6 Å². The molecule has 0 unspecified atom stereocenters. The predicted molar refractivity (Wildman–Crippen MR) is 58.0 cm³/mol. The maximum absolute atomic E-state index is 11.4. The zero-order valence-electron chi connectivity index (χ0n) is 9.57. The van der Waals surface area contributed by atoms with Gasteiger partial charge in [0, 0.05) is 12.6 Å². The van der Waals surface area contributed by atoms with Gasteiger partial charge in [-0.1, -0.05) is 6.92 Å². The van der Waals surface area contributed by atoms with E-state index < -0.39 is 5.97 Å². The molecule has 92 valence electrons. The average Bonchev–Trinajstić information content (AvgIpc) is 2.66. The average molecular weight is 229 g/mol. The highest BCUT2D eigenvalue weighted by Gasteiger charge is 2.30. The van der Waals surface area contributed by atoms with Crippen molar-refractivity contribution in [3.8, 4) is 0 Å². The number of aliphatic carboxylic acids is 1. The lowest BCUT2D eigenvalue weighted by molar-refractivity contribution is -0.141. The summed E-state index contributed by atoms with van der Waals surface area (Å²) in [5.74, 6) is -1.22. The molecule has 1 amide bonds. The second-order valence-corrected chi connectivity index (χ2v) is 4.17. The van der Waals surface area contributed by atoms with Crippen molar-refractivity contribution >= 4 is 11.9 Å². The van der Waals surface area contributed by atoms with E-state index in [0.717, 1.165) is 12.8 Å². The Kier molecular flexibility index (Phi) is 5.25. The minimum Gasteiger partial charge on any atom is -0.481 e. The van der Waals surface area contributed by atoms with Gasteiger partial charge >= 0.3 is 5.97 Å². The van der Waals surface area contributed by atoms with E-state index in [0.29, 0.717) is 19.4 Å². The maximum atomic E-state index is 11.4. The van der Waals surface area contributed by atoms with E-state index in [9.17, 15) is 9.59 Å². The lowest BCUT2D eigenvalue weighted by Gasteiger charge is -2.12. The predicted octanol–water partition coefficient (Wildman–Crippen LogP) is 0.782. The number of carbonyl (C=O) groups is 2. The molecule has 1 aliphatic carbocycles. The minimum atomic E-state index is -0.765. The number of rotatable bonds is 6. The summed E-state index contributed by atoms with van der Waals surface area (Å²) in [5.41, 5.74) is 0. The molecule has 1 aliphatic rings. The van der Waals surface area contributed by atoms with Crippen LogP contribution in [-0.4, -0.2) is 36.2 Å². The van der Waals surface area contributed by atoms with Crippen LogP contribution in [0.25, 0.3) is 0 Å². The topological polar surface area (TPSA) is 75.6 Å². The molecule has 1 rings (SSSR count). The summed E-state index contributed by atoms with van der Waals surface area (Å²) in [6.45, 7) is 2.63. The quantitative estimate of drug-likeness (QED) is 0.660. The van der Waals surface area contributed by atoms with E-state index >= 15 is 0 Å². The summed E-state index contributed by atoms with van der Waals surface area (Å²) < 4.78 is 5.10. The summed E-state index contributed by atoms with van der Waals surface area (Å²) in [6, 6.07) is -0.00109. The fraction of sp³-hybridized carbons (Fsp3) is 0.818. The summed E-state index contributed by atoms with van der Waals surface area (Å²) in [5, 5.41) is 11.6. The molecule has 0 saturated heterocycles. The number of hydrogen-bond donors (Lipinski definition) is 2. The Bertz CT molecular complexity index is 254. The van der Waals surface area contributed by atoms with Gasteiger partial charge in [-0.15, -0.1) is 0 Å². The van der Waals surface area contributed by atoms with Gasteiger partial charge in [0.15, 0.2) is 0 Å². The number of hydrogen-bond acceptors (Lipinski definition) is 3. The first-order valence-corrected chi connectivity index (χ1v) is 5.73. The molecule has 2 N–H and O–H groups in total. The van der Waals surface area contributed by atoms with Gasteiger partial charge in [0.25, 0.3) is 0 Å².